The number of aryl methyl sites for hydroxylation is 4. The largest absolute Gasteiger partial charge is 0.305 e. The van der Waals surface area contributed by atoms with E-state index in [0.717, 1.165) is 22.5 Å². The Morgan fingerprint density at radius 2 is 1.40 bits per heavy atom. The Labute approximate surface area is 335 Å². The molecule has 0 unspecified atom stereocenters. The fraction of sp³-hybridized carbons (Fsp3) is 0.208. The summed E-state index contributed by atoms with van der Waals surface area (Å²) in [7, 11) is 0. The SMILES string of the molecule is Cc1cc(-c2[c-]cc3ccccc3c2)nc[c]1[Ge]([CH3])([CH3])[CH3].Cc1cc(C)c(-c2c[c-]c(-c3cc(C(C)C)ccn3)c3sc4ccccc4c23)c(C)c1.[Ir]. The molecule has 8 rings (SSSR count). The van der Waals surface area contributed by atoms with Crippen LogP contribution in [-0.2, 0) is 20.1 Å². The Hall–Kier alpha value is -3.93. The molecule has 0 aliphatic carbocycles. The molecule has 0 aliphatic rings. The van der Waals surface area contributed by atoms with E-state index < -0.39 is 13.3 Å². The van der Waals surface area contributed by atoms with Crippen molar-refractivity contribution in [2.24, 2.45) is 0 Å². The molecule has 5 heteroatoms. The van der Waals surface area contributed by atoms with Crippen molar-refractivity contribution in [3.63, 3.8) is 0 Å². The van der Waals surface area contributed by atoms with Gasteiger partial charge in [-0.1, -0.05) is 89.0 Å². The van der Waals surface area contributed by atoms with Crippen LogP contribution in [0.15, 0.2) is 109 Å². The molecule has 5 aromatic carbocycles. The molecule has 0 spiro atoms. The molecule has 0 saturated carbocycles. The maximum Gasteiger partial charge on any atom is 0.0239 e. The predicted molar refractivity (Wildman–Crippen MR) is 229 cm³/mol. The number of nitrogens with zero attached hydrogens (tertiary/aromatic N) is 2. The third-order valence-corrected chi connectivity index (χ3v) is 15.7. The van der Waals surface area contributed by atoms with Gasteiger partial charge in [0.25, 0.3) is 0 Å². The van der Waals surface area contributed by atoms with Crippen LogP contribution >= 0.6 is 11.3 Å². The summed E-state index contributed by atoms with van der Waals surface area (Å²) >= 11 is 0.0256. The van der Waals surface area contributed by atoms with Crippen molar-refractivity contribution in [2.75, 3.05) is 0 Å². The van der Waals surface area contributed by atoms with Crippen LogP contribution in [0.3, 0.4) is 0 Å². The molecule has 8 aromatic rings. The van der Waals surface area contributed by atoms with Crippen molar-refractivity contribution in [2.45, 2.75) is 64.7 Å². The summed E-state index contributed by atoms with van der Waals surface area (Å²) in [5.74, 6) is 7.69. The predicted octanol–water partition coefficient (Wildman–Crippen LogP) is 13.2. The second-order valence-electron chi connectivity index (χ2n) is 15.4. The summed E-state index contributed by atoms with van der Waals surface area (Å²) in [6.45, 7) is 13.3. The van der Waals surface area contributed by atoms with Crippen LogP contribution in [0.5, 0.6) is 0 Å². The van der Waals surface area contributed by atoms with E-state index in [1.807, 2.05) is 17.5 Å². The van der Waals surface area contributed by atoms with Gasteiger partial charge >= 0.3 is 129 Å². The smallest absolute Gasteiger partial charge is 0.0239 e. The minimum absolute atomic E-state index is 0. The number of fused-ring (bicyclic) bond motifs is 4. The molecule has 3 aromatic heterocycles. The topological polar surface area (TPSA) is 25.8 Å². The first-order valence-electron chi connectivity index (χ1n) is 18.2. The number of rotatable bonds is 5. The molecule has 53 heavy (non-hydrogen) atoms. The molecule has 0 bridgehead atoms. The number of aromatic nitrogens is 2. The van der Waals surface area contributed by atoms with Crippen molar-refractivity contribution >= 4 is 59.9 Å². The molecular weight excluding hydrogens is 901 g/mol. The summed E-state index contributed by atoms with van der Waals surface area (Å²) in [5.41, 5.74) is 13.4. The minimum atomic E-state index is -1.82. The zero-order valence-electron chi connectivity index (χ0n) is 32.1. The van der Waals surface area contributed by atoms with Gasteiger partial charge in [0.05, 0.1) is 0 Å². The molecule has 0 atom stereocenters. The van der Waals surface area contributed by atoms with Crippen LogP contribution in [0, 0.1) is 39.8 Å². The molecule has 2 nitrogen and oxygen atoms in total. The van der Waals surface area contributed by atoms with E-state index in [1.54, 1.807) is 0 Å². The fourth-order valence-electron chi connectivity index (χ4n) is 7.47. The molecule has 3 heterocycles. The van der Waals surface area contributed by atoms with E-state index in [0.29, 0.717) is 5.92 Å². The third kappa shape index (κ3) is 7.98. The van der Waals surface area contributed by atoms with Crippen molar-refractivity contribution in [1.82, 2.24) is 9.97 Å². The molecule has 0 saturated heterocycles. The quantitative estimate of drug-likeness (QED) is 0.127. The van der Waals surface area contributed by atoms with Gasteiger partial charge in [-0.25, -0.2) is 0 Å². The van der Waals surface area contributed by atoms with Crippen LogP contribution in [0.2, 0.25) is 17.3 Å². The molecule has 0 fully saturated rings. The average molecular weight is 948 g/mol. The van der Waals surface area contributed by atoms with Gasteiger partial charge in [-0.2, -0.15) is 11.3 Å². The average Bonchev–Trinajstić information content (AvgIpc) is 3.51. The summed E-state index contributed by atoms with van der Waals surface area (Å²) < 4.78 is 4.06. The number of hydrogen-bond donors (Lipinski definition) is 0. The number of benzene rings is 5. The molecule has 0 N–H and O–H groups in total. The minimum Gasteiger partial charge on any atom is -0.305 e. The van der Waals surface area contributed by atoms with Crippen molar-refractivity contribution in [3.05, 3.63) is 149 Å². The zero-order valence-corrected chi connectivity index (χ0v) is 37.4. The maximum atomic E-state index is 4.74. The van der Waals surface area contributed by atoms with Crippen LogP contribution in [-0.4, -0.2) is 23.2 Å². The van der Waals surface area contributed by atoms with Crippen LogP contribution in [0.25, 0.3) is 64.6 Å². The van der Waals surface area contributed by atoms with E-state index >= 15 is 0 Å². The van der Waals surface area contributed by atoms with Gasteiger partial charge in [-0.3, -0.25) is 0 Å². The van der Waals surface area contributed by atoms with Crippen LogP contribution in [0.1, 0.15) is 47.6 Å². The van der Waals surface area contributed by atoms with Crippen molar-refractivity contribution in [1.29, 1.82) is 0 Å². The summed E-state index contributed by atoms with van der Waals surface area (Å²) in [5, 5.41) is 5.09. The second-order valence-corrected chi connectivity index (χ2v) is 27.0. The first kappa shape index (κ1) is 38.8. The molecule has 0 amide bonds. The van der Waals surface area contributed by atoms with E-state index in [1.165, 1.54) is 74.3 Å². The van der Waals surface area contributed by atoms with Crippen LogP contribution in [0.4, 0.5) is 0 Å². The maximum absolute atomic E-state index is 4.74. The first-order valence-corrected chi connectivity index (χ1v) is 26.3. The Morgan fingerprint density at radius 3 is 2.09 bits per heavy atom. The molecule has 1 radical (unpaired) electrons. The van der Waals surface area contributed by atoms with Crippen molar-refractivity contribution in [3.8, 4) is 33.6 Å². The van der Waals surface area contributed by atoms with E-state index in [4.69, 9.17) is 9.97 Å². The van der Waals surface area contributed by atoms with E-state index in [-0.39, 0.29) is 20.1 Å². The number of thiophene rings is 1. The second kappa shape index (κ2) is 15.8. The van der Waals surface area contributed by atoms with Gasteiger partial charge in [0.2, 0.25) is 0 Å². The third-order valence-electron chi connectivity index (χ3n) is 9.98. The summed E-state index contributed by atoms with van der Waals surface area (Å²) in [4.78, 5) is 9.44. The van der Waals surface area contributed by atoms with Gasteiger partial charge in [-0.15, -0.1) is 17.7 Å². The van der Waals surface area contributed by atoms with E-state index in [9.17, 15) is 0 Å². The summed E-state index contributed by atoms with van der Waals surface area (Å²) in [6, 6.07) is 41.7. The Balaban J connectivity index is 0.000000191. The number of pyridine rings is 2. The van der Waals surface area contributed by atoms with Gasteiger partial charge in [0.1, 0.15) is 0 Å². The Kier molecular flexibility index (Phi) is 11.6. The standard InChI is InChI=1S/C29H26NS.C19H20GeN.Ir/c1-17(2)21-12-13-30-25(16-21)22-10-11-24(27-19(4)14-18(3)15-20(27)5)28-23-8-6-7-9-26(23)31-29(22)28;1-14-11-19(21-13-18(14)20(2,3)4)17-10-9-15-7-5-6-8-16(15)12-17;/h6-9,11-17H,1-5H3;5-9,11-13H,1-4H3;/q2*-1;. The van der Waals surface area contributed by atoms with Crippen molar-refractivity contribution < 1.29 is 20.1 Å². The van der Waals surface area contributed by atoms with Crippen LogP contribution < -0.4 is 4.40 Å². The fourth-order valence-corrected chi connectivity index (χ4v) is 12.3. The molecule has 0 aliphatic heterocycles. The summed E-state index contributed by atoms with van der Waals surface area (Å²) in [6.07, 6.45) is 4.02. The van der Waals surface area contributed by atoms with E-state index in [2.05, 4.69) is 174 Å². The van der Waals surface area contributed by atoms with Gasteiger partial charge < -0.3 is 4.98 Å². The molecular formula is C48H46GeIrN2S-2. The Bertz CT molecular complexity index is 2570. The first-order chi connectivity index (χ1) is 24.9. The molecule has 269 valence electrons. The monoisotopic (exact) mass is 949 g/mol. The number of hydrogen-bond acceptors (Lipinski definition) is 3. The van der Waals surface area contributed by atoms with Gasteiger partial charge in [0, 0.05) is 31.0 Å². The van der Waals surface area contributed by atoms with Gasteiger partial charge in [-0.05, 0) is 54.6 Å². The van der Waals surface area contributed by atoms with Gasteiger partial charge in [0.15, 0.2) is 0 Å². The Morgan fingerprint density at radius 1 is 0.698 bits per heavy atom. The zero-order chi connectivity index (χ0) is 36.7. The normalized spacial score (nSPS) is 11.5.